The summed E-state index contributed by atoms with van der Waals surface area (Å²) in [7, 11) is 0. The molecule has 1 heterocycles. The van der Waals surface area contributed by atoms with Crippen LogP contribution in [0.2, 0.25) is 0 Å². The van der Waals surface area contributed by atoms with E-state index in [1.807, 2.05) is 18.7 Å². The number of urea groups is 1. The first kappa shape index (κ1) is 15.8. The fourth-order valence-electron chi connectivity index (χ4n) is 2.28. The van der Waals surface area contributed by atoms with Gasteiger partial charge in [0.25, 0.3) is 0 Å². The molecule has 2 N–H and O–H groups in total. The van der Waals surface area contributed by atoms with Gasteiger partial charge in [0.1, 0.15) is 6.04 Å². The van der Waals surface area contributed by atoms with Crippen LogP contribution >= 0.6 is 0 Å². The number of carbonyl (C=O) groups is 2. The third-order valence-corrected chi connectivity index (χ3v) is 3.47. The number of amides is 3. The zero-order chi connectivity index (χ0) is 14.4. The zero-order valence-electron chi connectivity index (χ0n) is 12.5. The van der Waals surface area contributed by atoms with Crippen molar-refractivity contribution in [2.24, 2.45) is 5.92 Å². The van der Waals surface area contributed by atoms with Crippen molar-refractivity contribution in [3.05, 3.63) is 0 Å². The molecule has 2 unspecified atom stereocenters. The molecule has 0 aromatic heterocycles. The summed E-state index contributed by atoms with van der Waals surface area (Å²) in [6.45, 7) is 9.31. The summed E-state index contributed by atoms with van der Waals surface area (Å²) in [5, 5.41) is 5.47. The van der Waals surface area contributed by atoms with Crippen LogP contribution in [0.25, 0.3) is 0 Å². The molecule has 0 aliphatic carbocycles. The Morgan fingerprint density at radius 3 is 2.53 bits per heavy atom. The molecule has 1 rings (SSSR count). The van der Waals surface area contributed by atoms with E-state index in [0.29, 0.717) is 12.5 Å². The highest BCUT2D eigenvalue weighted by atomic mass is 16.2. The fourth-order valence-corrected chi connectivity index (χ4v) is 2.28. The highest BCUT2D eigenvalue weighted by Crippen LogP contribution is 2.17. The second-order valence-corrected chi connectivity index (χ2v) is 5.85. The number of piperidine rings is 1. The molecule has 5 heteroatoms. The maximum absolute atomic E-state index is 12.3. The van der Waals surface area contributed by atoms with Crippen molar-refractivity contribution in [3.63, 3.8) is 0 Å². The van der Waals surface area contributed by atoms with Gasteiger partial charge in [-0.05, 0) is 39.0 Å². The Labute approximate surface area is 116 Å². The van der Waals surface area contributed by atoms with Crippen LogP contribution in [0.1, 0.15) is 47.0 Å². The Morgan fingerprint density at radius 1 is 1.26 bits per heavy atom. The van der Waals surface area contributed by atoms with Crippen molar-refractivity contribution in [1.82, 2.24) is 15.5 Å². The molecule has 1 aliphatic heterocycles. The Hall–Kier alpha value is -1.26. The predicted molar refractivity (Wildman–Crippen MR) is 75.9 cm³/mol. The van der Waals surface area contributed by atoms with Crippen LogP contribution < -0.4 is 10.6 Å². The zero-order valence-corrected chi connectivity index (χ0v) is 12.5. The first-order valence-electron chi connectivity index (χ1n) is 7.26. The van der Waals surface area contributed by atoms with Gasteiger partial charge in [0, 0.05) is 19.1 Å². The standard InChI is InChI=1S/C14H27N3O2/c1-10(2)9-15-14(19)16-12(4)13(18)17-8-6-5-7-11(17)3/h10-12H,5-9H2,1-4H3,(H2,15,16,19). The summed E-state index contributed by atoms with van der Waals surface area (Å²) in [5.41, 5.74) is 0. The lowest BCUT2D eigenvalue weighted by Crippen LogP contribution is -2.53. The van der Waals surface area contributed by atoms with Gasteiger partial charge in [-0.3, -0.25) is 4.79 Å². The minimum absolute atomic E-state index is 0.0203. The highest BCUT2D eigenvalue weighted by molar-refractivity contribution is 5.86. The number of hydrogen-bond donors (Lipinski definition) is 2. The summed E-state index contributed by atoms with van der Waals surface area (Å²) >= 11 is 0. The van der Waals surface area contributed by atoms with Gasteiger partial charge in [-0.1, -0.05) is 13.8 Å². The molecule has 2 atom stereocenters. The van der Waals surface area contributed by atoms with Gasteiger partial charge in [-0.15, -0.1) is 0 Å². The molecule has 0 radical (unpaired) electrons. The van der Waals surface area contributed by atoms with Crippen molar-refractivity contribution >= 4 is 11.9 Å². The van der Waals surface area contributed by atoms with Gasteiger partial charge >= 0.3 is 6.03 Å². The Morgan fingerprint density at radius 2 is 1.95 bits per heavy atom. The van der Waals surface area contributed by atoms with Crippen molar-refractivity contribution < 1.29 is 9.59 Å². The molecule has 0 saturated carbocycles. The molecule has 19 heavy (non-hydrogen) atoms. The van der Waals surface area contributed by atoms with E-state index in [0.717, 1.165) is 19.4 Å². The molecule has 1 saturated heterocycles. The lowest BCUT2D eigenvalue weighted by atomic mass is 10.0. The summed E-state index contributed by atoms with van der Waals surface area (Å²) in [4.78, 5) is 25.8. The Bertz CT molecular complexity index is 318. The smallest absolute Gasteiger partial charge is 0.315 e. The second kappa shape index (κ2) is 7.36. The van der Waals surface area contributed by atoms with Gasteiger partial charge in [-0.25, -0.2) is 4.79 Å². The van der Waals surface area contributed by atoms with Crippen LogP contribution in [0.15, 0.2) is 0 Å². The lowest BCUT2D eigenvalue weighted by molar-refractivity contribution is -0.136. The van der Waals surface area contributed by atoms with Gasteiger partial charge in [0.05, 0.1) is 0 Å². The van der Waals surface area contributed by atoms with Crippen molar-refractivity contribution in [3.8, 4) is 0 Å². The maximum atomic E-state index is 12.3. The van der Waals surface area contributed by atoms with E-state index in [4.69, 9.17) is 0 Å². The number of nitrogens with zero attached hydrogens (tertiary/aromatic N) is 1. The average Bonchev–Trinajstić information content (AvgIpc) is 2.36. The highest BCUT2D eigenvalue weighted by Gasteiger charge is 2.27. The minimum Gasteiger partial charge on any atom is -0.338 e. The maximum Gasteiger partial charge on any atom is 0.315 e. The molecule has 0 bridgehead atoms. The number of hydrogen-bond acceptors (Lipinski definition) is 2. The average molecular weight is 269 g/mol. The lowest BCUT2D eigenvalue weighted by Gasteiger charge is -2.35. The normalized spacial score (nSPS) is 21.1. The first-order valence-corrected chi connectivity index (χ1v) is 7.26. The number of carbonyl (C=O) groups excluding carboxylic acids is 2. The van der Waals surface area contributed by atoms with E-state index < -0.39 is 6.04 Å². The summed E-state index contributed by atoms with van der Waals surface area (Å²) in [5.74, 6) is 0.422. The molecule has 1 aliphatic rings. The van der Waals surface area contributed by atoms with E-state index in [1.165, 1.54) is 6.42 Å². The van der Waals surface area contributed by atoms with Crippen molar-refractivity contribution in [2.45, 2.75) is 59.0 Å². The number of nitrogens with one attached hydrogen (secondary N) is 2. The molecule has 0 spiro atoms. The monoisotopic (exact) mass is 269 g/mol. The van der Waals surface area contributed by atoms with Crippen LogP contribution in [0.3, 0.4) is 0 Å². The molecule has 0 aromatic carbocycles. The molecular weight excluding hydrogens is 242 g/mol. The number of rotatable bonds is 4. The summed E-state index contributed by atoms with van der Waals surface area (Å²) in [6, 6.07) is -0.448. The molecule has 1 fully saturated rings. The van der Waals surface area contributed by atoms with Crippen molar-refractivity contribution in [1.29, 1.82) is 0 Å². The molecule has 110 valence electrons. The predicted octanol–water partition coefficient (Wildman–Crippen LogP) is 1.73. The SMILES string of the molecule is CC(C)CNC(=O)NC(C)C(=O)N1CCCCC1C. The summed E-state index contributed by atoms with van der Waals surface area (Å²) < 4.78 is 0. The van der Waals surface area contributed by atoms with Gasteiger partial charge in [-0.2, -0.15) is 0 Å². The topological polar surface area (TPSA) is 61.4 Å². The van der Waals surface area contributed by atoms with Crippen LogP contribution in [0.5, 0.6) is 0 Å². The minimum atomic E-state index is -0.465. The van der Waals surface area contributed by atoms with Gasteiger partial charge in [0.2, 0.25) is 5.91 Å². The van der Waals surface area contributed by atoms with Crippen LogP contribution in [-0.4, -0.2) is 42.0 Å². The van der Waals surface area contributed by atoms with Gasteiger partial charge < -0.3 is 15.5 Å². The quantitative estimate of drug-likeness (QED) is 0.816. The fraction of sp³-hybridized carbons (Fsp3) is 0.857. The van der Waals surface area contributed by atoms with Crippen molar-refractivity contribution in [2.75, 3.05) is 13.1 Å². The van der Waals surface area contributed by atoms with E-state index in [1.54, 1.807) is 6.92 Å². The van der Waals surface area contributed by atoms with Crippen LogP contribution in [0, 0.1) is 5.92 Å². The third-order valence-electron chi connectivity index (χ3n) is 3.47. The molecule has 5 nitrogen and oxygen atoms in total. The molecule has 3 amide bonds. The Kier molecular flexibility index (Phi) is 6.12. The van der Waals surface area contributed by atoms with E-state index in [9.17, 15) is 9.59 Å². The van der Waals surface area contributed by atoms with Gasteiger partial charge in [0.15, 0.2) is 0 Å². The largest absolute Gasteiger partial charge is 0.338 e. The van der Waals surface area contributed by atoms with E-state index in [2.05, 4.69) is 17.6 Å². The van der Waals surface area contributed by atoms with Crippen LogP contribution in [-0.2, 0) is 4.79 Å². The molecule has 0 aromatic rings. The second-order valence-electron chi connectivity index (χ2n) is 5.85. The van der Waals surface area contributed by atoms with E-state index >= 15 is 0 Å². The number of likely N-dealkylation sites (tertiary alicyclic amines) is 1. The Balaban J connectivity index is 2.41. The van der Waals surface area contributed by atoms with E-state index in [-0.39, 0.29) is 18.0 Å². The third kappa shape index (κ3) is 5.09. The summed E-state index contributed by atoms with van der Waals surface area (Å²) in [6.07, 6.45) is 3.29. The first-order chi connectivity index (χ1) is 8.91. The molecular formula is C14H27N3O2. The van der Waals surface area contributed by atoms with Crippen LogP contribution in [0.4, 0.5) is 4.79 Å².